The van der Waals surface area contributed by atoms with Crippen LogP contribution in [0.25, 0.3) is 10.2 Å². The summed E-state index contributed by atoms with van der Waals surface area (Å²) >= 11 is 3.40. The first kappa shape index (κ1) is 18.0. The van der Waals surface area contributed by atoms with E-state index < -0.39 is 0 Å². The number of fused-ring (bicyclic) bond motifs is 2. The molecular weight excluding hydrogens is 390 g/mol. The summed E-state index contributed by atoms with van der Waals surface area (Å²) in [4.78, 5) is 28.5. The van der Waals surface area contributed by atoms with Crippen molar-refractivity contribution in [3.8, 4) is 0 Å². The summed E-state index contributed by atoms with van der Waals surface area (Å²) in [6.45, 7) is 7.14. The molecule has 4 heterocycles. The first-order chi connectivity index (χ1) is 13.7. The Kier molecular flexibility index (Phi) is 4.76. The molecule has 0 radical (unpaired) electrons. The zero-order valence-electron chi connectivity index (χ0n) is 15.9. The number of aryl methyl sites for hydroxylation is 1. The number of aliphatic imine (C=N–C) groups is 1. The summed E-state index contributed by atoms with van der Waals surface area (Å²) in [5.41, 5.74) is 3.53. The predicted molar refractivity (Wildman–Crippen MR) is 117 cm³/mol. The van der Waals surface area contributed by atoms with Gasteiger partial charge in [0.25, 0.3) is 0 Å². The van der Waals surface area contributed by atoms with Crippen LogP contribution in [0.4, 0.5) is 5.13 Å². The van der Waals surface area contributed by atoms with Crippen molar-refractivity contribution in [1.29, 1.82) is 0 Å². The van der Waals surface area contributed by atoms with E-state index in [1.54, 1.807) is 23.1 Å². The first-order valence-corrected chi connectivity index (χ1v) is 11.5. The van der Waals surface area contributed by atoms with E-state index in [-0.39, 0.29) is 5.91 Å². The van der Waals surface area contributed by atoms with Crippen LogP contribution in [0.3, 0.4) is 0 Å². The molecule has 2 aromatic rings. The Labute approximate surface area is 172 Å². The number of rotatable bonds is 4. The number of hydrogen-bond acceptors (Lipinski definition) is 7. The molecule has 28 heavy (non-hydrogen) atoms. The van der Waals surface area contributed by atoms with Gasteiger partial charge in [0.1, 0.15) is 0 Å². The predicted octanol–water partition coefficient (Wildman–Crippen LogP) is 3.16. The number of piperazine rings is 1. The summed E-state index contributed by atoms with van der Waals surface area (Å²) < 4.78 is 1.25. The van der Waals surface area contributed by atoms with Gasteiger partial charge in [-0.2, -0.15) is 0 Å². The zero-order valence-corrected chi connectivity index (χ0v) is 17.6. The number of carbonyl (C=O) groups is 1. The fourth-order valence-electron chi connectivity index (χ4n) is 3.84. The number of benzene rings is 1. The van der Waals surface area contributed by atoms with E-state index in [4.69, 9.17) is 4.98 Å². The molecule has 0 unspecified atom stereocenters. The molecule has 0 bridgehead atoms. The molecule has 0 aliphatic carbocycles. The fraction of sp³-hybridized carbons (Fsp3) is 0.450. The van der Waals surface area contributed by atoms with Gasteiger partial charge in [-0.25, -0.2) is 4.98 Å². The number of amidine groups is 1. The van der Waals surface area contributed by atoms with Crippen molar-refractivity contribution < 1.29 is 4.79 Å². The topological polar surface area (TPSA) is 52.0 Å². The van der Waals surface area contributed by atoms with Crippen molar-refractivity contribution in [3.05, 3.63) is 34.9 Å². The molecule has 1 fully saturated rings. The van der Waals surface area contributed by atoms with Gasteiger partial charge < -0.3 is 14.7 Å². The molecule has 0 saturated carbocycles. The van der Waals surface area contributed by atoms with Gasteiger partial charge in [-0.3, -0.25) is 9.79 Å². The molecule has 6 nitrogen and oxygen atoms in total. The average Bonchev–Trinajstić information content (AvgIpc) is 3.44. The number of hydrogen-bond donors (Lipinski definition) is 0. The molecule has 1 amide bonds. The van der Waals surface area contributed by atoms with Gasteiger partial charge in [0.05, 0.1) is 23.2 Å². The van der Waals surface area contributed by atoms with E-state index >= 15 is 0 Å². The molecule has 3 aliphatic heterocycles. The fourth-order valence-corrected chi connectivity index (χ4v) is 5.88. The monoisotopic (exact) mass is 413 g/mol. The molecule has 8 heteroatoms. The highest BCUT2D eigenvalue weighted by atomic mass is 32.2. The number of aromatic nitrogens is 1. The lowest BCUT2D eigenvalue weighted by atomic mass is 10.2. The normalized spacial score (nSPS) is 19.2. The highest BCUT2D eigenvalue weighted by molar-refractivity contribution is 8.16. The summed E-state index contributed by atoms with van der Waals surface area (Å²) in [5, 5.41) is 4.20. The second kappa shape index (κ2) is 7.40. The van der Waals surface area contributed by atoms with Crippen molar-refractivity contribution >= 4 is 49.5 Å². The Morgan fingerprint density at radius 3 is 2.86 bits per heavy atom. The van der Waals surface area contributed by atoms with Crippen LogP contribution >= 0.6 is 23.1 Å². The molecular formula is C20H23N5OS2. The maximum atomic E-state index is 12.8. The lowest BCUT2D eigenvalue weighted by Crippen LogP contribution is -2.49. The van der Waals surface area contributed by atoms with Crippen LogP contribution in [0.5, 0.6) is 0 Å². The van der Waals surface area contributed by atoms with Crippen LogP contribution in [0.1, 0.15) is 18.9 Å². The Balaban J connectivity index is 1.20. The second-order valence-corrected chi connectivity index (χ2v) is 9.09. The first-order valence-electron chi connectivity index (χ1n) is 9.81. The zero-order chi connectivity index (χ0) is 19.1. The molecule has 0 N–H and O–H groups in total. The molecule has 1 aromatic carbocycles. The van der Waals surface area contributed by atoms with Gasteiger partial charge in [-0.05, 0) is 29.5 Å². The number of thioether (sulfide) groups is 1. The third kappa shape index (κ3) is 3.28. The van der Waals surface area contributed by atoms with Crippen LogP contribution in [-0.4, -0.2) is 65.1 Å². The lowest BCUT2D eigenvalue weighted by molar-refractivity contribution is -0.130. The van der Waals surface area contributed by atoms with E-state index in [0.29, 0.717) is 6.42 Å². The van der Waals surface area contributed by atoms with Crippen molar-refractivity contribution in [2.75, 3.05) is 44.2 Å². The van der Waals surface area contributed by atoms with Crippen LogP contribution in [-0.2, 0) is 11.2 Å². The quantitative estimate of drug-likeness (QED) is 0.771. The number of carbonyl (C=O) groups excluding carboxylic acids is 1. The SMILES string of the molecule is CCc1ccc2nc(N3CCN(C(=O)CC4=CSC5=NCCN45)CC3)sc2c1. The number of amides is 1. The molecule has 0 spiro atoms. The van der Waals surface area contributed by atoms with E-state index in [0.717, 1.165) is 67.2 Å². The second-order valence-electron chi connectivity index (χ2n) is 7.24. The lowest BCUT2D eigenvalue weighted by Gasteiger charge is -2.35. The largest absolute Gasteiger partial charge is 0.345 e. The molecule has 3 aliphatic rings. The maximum absolute atomic E-state index is 12.8. The van der Waals surface area contributed by atoms with Gasteiger partial charge in [-0.15, -0.1) is 0 Å². The number of thiazole rings is 1. The number of anilines is 1. The van der Waals surface area contributed by atoms with Crippen molar-refractivity contribution in [2.24, 2.45) is 4.99 Å². The summed E-state index contributed by atoms with van der Waals surface area (Å²) in [5.74, 6) is 0.219. The van der Waals surface area contributed by atoms with Crippen LogP contribution in [0.15, 0.2) is 34.3 Å². The Hall–Kier alpha value is -2.06. The Morgan fingerprint density at radius 1 is 1.18 bits per heavy atom. The van der Waals surface area contributed by atoms with Crippen molar-refractivity contribution in [1.82, 2.24) is 14.8 Å². The van der Waals surface area contributed by atoms with Gasteiger partial charge in [0.2, 0.25) is 5.91 Å². The summed E-state index contributed by atoms with van der Waals surface area (Å²) in [6.07, 6.45) is 1.52. The van der Waals surface area contributed by atoms with E-state index in [1.807, 2.05) is 4.90 Å². The summed E-state index contributed by atoms with van der Waals surface area (Å²) in [6, 6.07) is 6.53. The Bertz CT molecular complexity index is 974. The van der Waals surface area contributed by atoms with E-state index in [9.17, 15) is 4.79 Å². The highest BCUT2D eigenvalue weighted by Gasteiger charge is 2.30. The third-order valence-corrected chi connectivity index (χ3v) is 7.56. The van der Waals surface area contributed by atoms with Crippen molar-refractivity contribution in [2.45, 2.75) is 19.8 Å². The van der Waals surface area contributed by atoms with Crippen LogP contribution in [0, 0.1) is 0 Å². The van der Waals surface area contributed by atoms with Crippen LogP contribution in [0.2, 0.25) is 0 Å². The minimum atomic E-state index is 0.219. The summed E-state index contributed by atoms with van der Waals surface area (Å²) in [7, 11) is 0. The molecule has 146 valence electrons. The highest BCUT2D eigenvalue weighted by Crippen LogP contribution is 2.32. The van der Waals surface area contributed by atoms with Gasteiger partial charge >= 0.3 is 0 Å². The van der Waals surface area contributed by atoms with Gasteiger partial charge in [0.15, 0.2) is 10.3 Å². The smallest absolute Gasteiger partial charge is 0.228 e. The van der Waals surface area contributed by atoms with E-state index in [1.165, 1.54) is 10.3 Å². The Morgan fingerprint density at radius 2 is 2.04 bits per heavy atom. The maximum Gasteiger partial charge on any atom is 0.228 e. The average molecular weight is 414 g/mol. The van der Waals surface area contributed by atoms with Gasteiger partial charge in [0, 0.05) is 38.4 Å². The number of nitrogens with zero attached hydrogens (tertiary/aromatic N) is 5. The molecule has 1 aromatic heterocycles. The minimum Gasteiger partial charge on any atom is -0.345 e. The standard InChI is InChI=1S/C20H23N5OS2/c1-2-14-3-4-16-17(11-14)28-20(22-16)24-9-7-23(8-10-24)18(26)12-15-13-27-19-21-5-6-25(15)19/h3-4,11,13H,2,5-10,12H2,1H3. The minimum absolute atomic E-state index is 0.219. The molecule has 1 saturated heterocycles. The van der Waals surface area contributed by atoms with E-state index in [2.05, 4.69) is 45.3 Å². The van der Waals surface area contributed by atoms with Crippen LogP contribution < -0.4 is 4.90 Å². The van der Waals surface area contributed by atoms with Crippen molar-refractivity contribution in [3.63, 3.8) is 0 Å². The molecule has 5 rings (SSSR count). The molecule has 0 atom stereocenters. The van der Waals surface area contributed by atoms with Gasteiger partial charge in [-0.1, -0.05) is 36.1 Å². The third-order valence-electron chi connectivity index (χ3n) is 5.53.